The highest BCUT2D eigenvalue weighted by atomic mass is 35.5. The van der Waals surface area contributed by atoms with Crippen molar-refractivity contribution < 1.29 is 0 Å². The molecule has 0 radical (unpaired) electrons. The summed E-state index contributed by atoms with van der Waals surface area (Å²) >= 11 is 5.95. The SMILES string of the molecule is CC(Cl)N=C(N=C(N)c1ccccc1)c1ccccc1. The summed E-state index contributed by atoms with van der Waals surface area (Å²) in [7, 11) is 0. The van der Waals surface area contributed by atoms with Gasteiger partial charge >= 0.3 is 0 Å². The topological polar surface area (TPSA) is 50.7 Å². The maximum Gasteiger partial charge on any atom is 0.158 e. The second-order valence-electron chi connectivity index (χ2n) is 4.26. The molecule has 102 valence electrons. The lowest BCUT2D eigenvalue weighted by atomic mass is 10.2. The van der Waals surface area contributed by atoms with Crippen LogP contribution in [0.1, 0.15) is 18.1 Å². The van der Waals surface area contributed by atoms with E-state index in [1.54, 1.807) is 6.92 Å². The van der Waals surface area contributed by atoms with Crippen LogP contribution in [0.4, 0.5) is 0 Å². The third-order valence-electron chi connectivity index (χ3n) is 2.63. The van der Waals surface area contributed by atoms with Crippen LogP contribution < -0.4 is 5.73 Å². The van der Waals surface area contributed by atoms with Gasteiger partial charge in [-0.2, -0.15) is 0 Å². The predicted octanol–water partition coefficient (Wildman–Crippen LogP) is 3.42. The van der Waals surface area contributed by atoms with Crippen molar-refractivity contribution in [3.8, 4) is 0 Å². The van der Waals surface area contributed by atoms with Crippen LogP contribution in [0.5, 0.6) is 0 Å². The summed E-state index contributed by atoms with van der Waals surface area (Å²) in [5, 5.41) is 0. The van der Waals surface area contributed by atoms with E-state index in [4.69, 9.17) is 17.3 Å². The first-order valence-corrected chi connectivity index (χ1v) is 6.77. The van der Waals surface area contributed by atoms with Crippen LogP contribution in [0.15, 0.2) is 70.6 Å². The van der Waals surface area contributed by atoms with Gasteiger partial charge in [-0.25, -0.2) is 9.98 Å². The molecule has 1 unspecified atom stereocenters. The van der Waals surface area contributed by atoms with Crippen LogP contribution in [0.25, 0.3) is 0 Å². The fraction of sp³-hybridized carbons (Fsp3) is 0.125. The Labute approximate surface area is 123 Å². The van der Waals surface area contributed by atoms with Crippen LogP contribution in [-0.4, -0.2) is 17.2 Å². The predicted molar refractivity (Wildman–Crippen MR) is 85.5 cm³/mol. The van der Waals surface area contributed by atoms with Crippen LogP contribution in [0, 0.1) is 0 Å². The van der Waals surface area contributed by atoms with Crippen molar-refractivity contribution in [2.45, 2.75) is 12.4 Å². The largest absolute Gasteiger partial charge is 0.383 e. The zero-order valence-electron chi connectivity index (χ0n) is 11.2. The standard InChI is InChI=1S/C16H16ClN3/c1-12(17)19-16(14-10-6-3-7-11-14)20-15(18)13-8-4-2-5-9-13/h2-12H,1H3,(H2,18,19,20). The van der Waals surface area contributed by atoms with Gasteiger partial charge in [0.1, 0.15) is 11.3 Å². The maximum absolute atomic E-state index is 6.04. The third kappa shape index (κ3) is 3.93. The lowest BCUT2D eigenvalue weighted by Crippen LogP contribution is -2.16. The van der Waals surface area contributed by atoms with Crippen molar-refractivity contribution in [1.29, 1.82) is 0 Å². The zero-order valence-corrected chi connectivity index (χ0v) is 12.0. The van der Waals surface area contributed by atoms with Crippen LogP contribution in [-0.2, 0) is 0 Å². The van der Waals surface area contributed by atoms with Crippen LogP contribution >= 0.6 is 11.6 Å². The van der Waals surface area contributed by atoms with Gasteiger partial charge in [0.2, 0.25) is 0 Å². The first kappa shape index (κ1) is 14.3. The van der Waals surface area contributed by atoms with Gasteiger partial charge in [-0.3, -0.25) is 0 Å². The van der Waals surface area contributed by atoms with Gasteiger partial charge in [-0.05, 0) is 6.92 Å². The number of alkyl halides is 1. The molecule has 0 fully saturated rings. The Bertz CT molecular complexity index is 604. The van der Waals surface area contributed by atoms with Crippen molar-refractivity contribution in [2.75, 3.05) is 0 Å². The number of nitrogens with two attached hydrogens (primary N) is 1. The molecule has 3 nitrogen and oxygen atoms in total. The minimum atomic E-state index is -0.363. The second kappa shape index (κ2) is 6.87. The molecule has 2 rings (SSSR count). The number of amidine groups is 2. The lowest BCUT2D eigenvalue weighted by molar-refractivity contribution is 1.02. The molecule has 2 aromatic rings. The zero-order chi connectivity index (χ0) is 14.4. The third-order valence-corrected chi connectivity index (χ3v) is 2.73. The first-order valence-electron chi connectivity index (χ1n) is 6.33. The molecule has 0 spiro atoms. The minimum absolute atomic E-state index is 0.363. The molecule has 1 atom stereocenters. The number of halogens is 1. The van der Waals surface area contributed by atoms with Crippen LogP contribution in [0.2, 0.25) is 0 Å². The first-order chi connectivity index (χ1) is 9.66. The number of benzene rings is 2. The van der Waals surface area contributed by atoms with Crippen molar-refractivity contribution in [2.24, 2.45) is 15.7 Å². The molecule has 0 saturated carbocycles. The van der Waals surface area contributed by atoms with Gasteiger partial charge in [0.05, 0.1) is 0 Å². The van der Waals surface area contributed by atoms with Gasteiger partial charge in [-0.15, -0.1) is 0 Å². The van der Waals surface area contributed by atoms with E-state index in [1.807, 2.05) is 60.7 Å². The number of nitrogens with zero attached hydrogens (tertiary/aromatic N) is 2. The highest BCUT2D eigenvalue weighted by Gasteiger charge is 2.05. The molecule has 0 aromatic heterocycles. The number of rotatable bonds is 3. The Morgan fingerprint density at radius 3 is 1.95 bits per heavy atom. The number of hydrogen-bond donors (Lipinski definition) is 1. The van der Waals surface area contributed by atoms with Crippen LogP contribution in [0.3, 0.4) is 0 Å². The van der Waals surface area contributed by atoms with E-state index in [2.05, 4.69) is 9.98 Å². The molecule has 0 saturated heterocycles. The van der Waals surface area contributed by atoms with Gasteiger partial charge in [0.15, 0.2) is 5.84 Å². The molecular weight excluding hydrogens is 270 g/mol. The van der Waals surface area contributed by atoms with Crippen molar-refractivity contribution in [3.63, 3.8) is 0 Å². The van der Waals surface area contributed by atoms with E-state index in [0.717, 1.165) is 11.1 Å². The van der Waals surface area contributed by atoms with Gasteiger partial charge < -0.3 is 5.73 Å². The Morgan fingerprint density at radius 2 is 1.45 bits per heavy atom. The normalized spacial score (nSPS) is 14.1. The second-order valence-corrected chi connectivity index (χ2v) is 4.89. The van der Waals surface area contributed by atoms with Crippen molar-refractivity contribution in [1.82, 2.24) is 0 Å². The summed E-state index contributed by atoms with van der Waals surface area (Å²) in [5.74, 6) is 0.958. The van der Waals surface area contributed by atoms with E-state index in [9.17, 15) is 0 Å². The Balaban J connectivity index is 2.39. The van der Waals surface area contributed by atoms with E-state index < -0.39 is 0 Å². The summed E-state index contributed by atoms with van der Waals surface area (Å²) in [4.78, 5) is 8.74. The quantitative estimate of drug-likeness (QED) is 0.399. The molecule has 0 aliphatic carbocycles. The number of aliphatic imine (C=N–C) groups is 2. The van der Waals surface area contributed by atoms with E-state index in [1.165, 1.54) is 0 Å². The maximum atomic E-state index is 6.04. The highest BCUT2D eigenvalue weighted by molar-refractivity contribution is 6.21. The van der Waals surface area contributed by atoms with E-state index in [-0.39, 0.29) is 5.50 Å². The smallest absolute Gasteiger partial charge is 0.158 e. The van der Waals surface area contributed by atoms with Crippen molar-refractivity contribution >= 4 is 23.3 Å². The summed E-state index contributed by atoms with van der Waals surface area (Å²) in [6, 6.07) is 19.2. The summed E-state index contributed by atoms with van der Waals surface area (Å²) in [5.41, 5.74) is 7.42. The molecular formula is C16H16ClN3. The van der Waals surface area contributed by atoms with Gasteiger partial charge in [0, 0.05) is 11.1 Å². The molecule has 0 bridgehead atoms. The summed E-state index contributed by atoms with van der Waals surface area (Å²) < 4.78 is 0. The van der Waals surface area contributed by atoms with Gasteiger partial charge in [0.25, 0.3) is 0 Å². The molecule has 0 aliphatic heterocycles. The molecule has 2 N–H and O–H groups in total. The molecule has 0 aliphatic rings. The van der Waals surface area contributed by atoms with E-state index >= 15 is 0 Å². The molecule has 0 heterocycles. The Hall–Kier alpha value is -2.13. The molecule has 0 amide bonds. The monoisotopic (exact) mass is 285 g/mol. The average Bonchev–Trinajstić information content (AvgIpc) is 2.48. The fourth-order valence-corrected chi connectivity index (χ4v) is 1.80. The fourth-order valence-electron chi connectivity index (χ4n) is 1.71. The highest BCUT2D eigenvalue weighted by Crippen LogP contribution is 2.08. The summed E-state index contributed by atoms with van der Waals surface area (Å²) in [6.07, 6.45) is 0. The average molecular weight is 286 g/mol. The van der Waals surface area contributed by atoms with E-state index in [0.29, 0.717) is 11.7 Å². The molecule has 4 heteroatoms. The Morgan fingerprint density at radius 1 is 0.950 bits per heavy atom. The lowest BCUT2D eigenvalue weighted by Gasteiger charge is -2.05. The minimum Gasteiger partial charge on any atom is -0.383 e. The van der Waals surface area contributed by atoms with Gasteiger partial charge in [-0.1, -0.05) is 72.3 Å². The molecule has 20 heavy (non-hydrogen) atoms. The Kier molecular flexibility index (Phi) is 4.91. The summed E-state index contributed by atoms with van der Waals surface area (Å²) in [6.45, 7) is 1.79. The molecule has 2 aromatic carbocycles. The number of hydrogen-bond acceptors (Lipinski definition) is 1. The van der Waals surface area contributed by atoms with Crippen molar-refractivity contribution in [3.05, 3.63) is 71.8 Å².